The average molecular weight is 256 g/mol. The summed E-state index contributed by atoms with van der Waals surface area (Å²) in [6.45, 7) is 10.2. The van der Waals surface area contributed by atoms with E-state index >= 15 is 0 Å². The molecular formula is C13H24N2O3. The number of aliphatic hydroxyl groups is 1. The van der Waals surface area contributed by atoms with Gasteiger partial charge in [0.25, 0.3) is 0 Å². The Kier molecular flexibility index (Phi) is 10.2. The first-order valence-electron chi connectivity index (χ1n) is 6.02. The Morgan fingerprint density at radius 1 is 1.28 bits per heavy atom. The Labute approximate surface area is 109 Å². The molecule has 0 unspecified atom stereocenters. The monoisotopic (exact) mass is 256 g/mol. The first kappa shape index (κ1) is 16.8. The molecule has 5 nitrogen and oxygen atoms in total. The van der Waals surface area contributed by atoms with Crippen molar-refractivity contribution in [3.63, 3.8) is 0 Å². The van der Waals surface area contributed by atoms with E-state index in [1.54, 1.807) is 17.1 Å². The predicted octanol–water partition coefficient (Wildman–Crippen LogP) is 0.128. The molecule has 0 aliphatic heterocycles. The summed E-state index contributed by atoms with van der Waals surface area (Å²) in [7, 11) is 1.86. The minimum absolute atomic E-state index is 0.0229. The molecule has 0 aromatic heterocycles. The fourth-order valence-electron chi connectivity index (χ4n) is 1.39. The van der Waals surface area contributed by atoms with Gasteiger partial charge in [-0.15, -0.1) is 13.2 Å². The largest absolute Gasteiger partial charge is 0.394 e. The number of rotatable bonds is 11. The van der Waals surface area contributed by atoms with Gasteiger partial charge in [0.1, 0.15) is 0 Å². The van der Waals surface area contributed by atoms with Gasteiger partial charge in [-0.25, -0.2) is 0 Å². The summed E-state index contributed by atoms with van der Waals surface area (Å²) in [6.07, 6.45) is 3.40. The van der Waals surface area contributed by atoms with Crippen molar-refractivity contribution in [1.82, 2.24) is 9.80 Å². The van der Waals surface area contributed by atoms with Crippen LogP contribution >= 0.6 is 0 Å². The van der Waals surface area contributed by atoms with Gasteiger partial charge in [-0.2, -0.15) is 0 Å². The van der Waals surface area contributed by atoms with E-state index in [4.69, 9.17) is 9.84 Å². The maximum absolute atomic E-state index is 11.9. The van der Waals surface area contributed by atoms with Gasteiger partial charge in [0.05, 0.1) is 26.4 Å². The van der Waals surface area contributed by atoms with E-state index in [0.717, 1.165) is 0 Å². The summed E-state index contributed by atoms with van der Waals surface area (Å²) in [5.74, 6) is 0.0412. The molecule has 0 aliphatic carbocycles. The van der Waals surface area contributed by atoms with Crippen LogP contribution in [0.4, 0.5) is 0 Å². The van der Waals surface area contributed by atoms with Gasteiger partial charge < -0.3 is 14.7 Å². The molecule has 0 radical (unpaired) electrons. The van der Waals surface area contributed by atoms with Crippen LogP contribution in [-0.4, -0.2) is 73.9 Å². The lowest BCUT2D eigenvalue weighted by Crippen LogP contribution is -2.40. The summed E-state index contributed by atoms with van der Waals surface area (Å²) in [6, 6.07) is 0. The Morgan fingerprint density at radius 2 is 1.89 bits per heavy atom. The van der Waals surface area contributed by atoms with Crippen LogP contribution < -0.4 is 0 Å². The second kappa shape index (κ2) is 11.0. The smallest absolute Gasteiger partial charge is 0.237 e. The van der Waals surface area contributed by atoms with Crippen LogP contribution in [0.1, 0.15) is 0 Å². The number of hydrogen-bond acceptors (Lipinski definition) is 4. The summed E-state index contributed by atoms with van der Waals surface area (Å²) >= 11 is 0. The zero-order valence-electron chi connectivity index (χ0n) is 11.2. The first-order valence-corrected chi connectivity index (χ1v) is 6.02. The molecule has 0 heterocycles. The van der Waals surface area contributed by atoms with Crippen molar-refractivity contribution >= 4 is 5.91 Å². The highest BCUT2D eigenvalue weighted by atomic mass is 16.5. The Morgan fingerprint density at radius 3 is 2.39 bits per heavy atom. The fraction of sp³-hybridized carbons (Fsp3) is 0.615. The van der Waals surface area contributed by atoms with Crippen LogP contribution in [0, 0.1) is 0 Å². The van der Waals surface area contributed by atoms with Gasteiger partial charge in [-0.1, -0.05) is 12.2 Å². The van der Waals surface area contributed by atoms with E-state index < -0.39 is 0 Å². The molecule has 0 atom stereocenters. The quantitative estimate of drug-likeness (QED) is 0.422. The van der Waals surface area contributed by atoms with E-state index in [-0.39, 0.29) is 12.5 Å². The molecule has 0 fully saturated rings. The average Bonchev–Trinajstić information content (AvgIpc) is 2.34. The third-order valence-corrected chi connectivity index (χ3v) is 2.31. The van der Waals surface area contributed by atoms with Gasteiger partial charge in [-0.3, -0.25) is 9.69 Å². The van der Waals surface area contributed by atoms with Crippen LogP contribution in [0.5, 0.6) is 0 Å². The molecule has 0 aromatic rings. The molecule has 18 heavy (non-hydrogen) atoms. The first-order chi connectivity index (χ1) is 8.65. The van der Waals surface area contributed by atoms with Gasteiger partial charge >= 0.3 is 0 Å². The van der Waals surface area contributed by atoms with Gasteiger partial charge in [0, 0.05) is 19.6 Å². The lowest BCUT2D eigenvalue weighted by Gasteiger charge is -2.23. The van der Waals surface area contributed by atoms with Gasteiger partial charge in [0.15, 0.2) is 0 Å². The summed E-state index contributed by atoms with van der Waals surface area (Å²) in [4.78, 5) is 15.5. The minimum atomic E-state index is 0.0229. The zero-order valence-corrected chi connectivity index (χ0v) is 11.2. The molecular weight excluding hydrogens is 232 g/mol. The van der Waals surface area contributed by atoms with Crippen LogP contribution in [0.2, 0.25) is 0 Å². The number of likely N-dealkylation sites (N-methyl/N-ethyl adjacent to an activating group) is 1. The topological polar surface area (TPSA) is 53.0 Å². The molecule has 0 saturated heterocycles. The Hall–Kier alpha value is -1.17. The molecule has 5 heteroatoms. The molecule has 0 aliphatic rings. The molecule has 0 saturated carbocycles. The zero-order chi connectivity index (χ0) is 13.8. The highest BCUT2D eigenvalue weighted by Gasteiger charge is 2.12. The van der Waals surface area contributed by atoms with E-state index in [0.29, 0.717) is 39.4 Å². The molecule has 0 spiro atoms. The number of aliphatic hydroxyl groups excluding tert-OH is 1. The van der Waals surface area contributed by atoms with Gasteiger partial charge in [0.2, 0.25) is 5.91 Å². The lowest BCUT2D eigenvalue weighted by molar-refractivity contribution is -0.131. The number of ether oxygens (including phenoxy) is 1. The predicted molar refractivity (Wildman–Crippen MR) is 72.4 cm³/mol. The number of carbonyl (C=O) groups is 1. The van der Waals surface area contributed by atoms with E-state index in [1.807, 2.05) is 11.9 Å². The van der Waals surface area contributed by atoms with Crippen molar-refractivity contribution in [2.75, 3.05) is 53.0 Å². The second-order valence-electron chi connectivity index (χ2n) is 3.95. The summed E-state index contributed by atoms with van der Waals surface area (Å²) < 4.78 is 5.14. The molecule has 0 rings (SSSR count). The standard InChI is InChI=1S/C13H24N2O3/c1-4-6-15(7-5-2)13(17)12-14(3)8-10-18-11-9-16/h4-5,16H,1-2,6-12H2,3H3. The molecule has 104 valence electrons. The Bertz CT molecular complexity index is 247. The van der Waals surface area contributed by atoms with Crippen molar-refractivity contribution in [3.05, 3.63) is 25.3 Å². The highest BCUT2D eigenvalue weighted by molar-refractivity contribution is 5.78. The van der Waals surface area contributed by atoms with Crippen molar-refractivity contribution in [1.29, 1.82) is 0 Å². The second-order valence-corrected chi connectivity index (χ2v) is 3.95. The van der Waals surface area contributed by atoms with Crippen LogP contribution in [0.25, 0.3) is 0 Å². The molecule has 1 amide bonds. The van der Waals surface area contributed by atoms with Crippen LogP contribution in [0.3, 0.4) is 0 Å². The SMILES string of the molecule is C=CCN(CC=C)C(=O)CN(C)CCOCCO. The van der Waals surface area contributed by atoms with Crippen LogP contribution in [-0.2, 0) is 9.53 Å². The lowest BCUT2D eigenvalue weighted by atomic mass is 10.4. The van der Waals surface area contributed by atoms with Crippen molar-refractivity contribution in [3.8, 4) is 0 Å². The van der Waals surface area contributed by atoms with Crippen molar-refractivity contribution in [2.24, 2.45) is 0 Å². The van der Waals surface area contributed by atoms with Crippen molar-refractivity contribution in [2.45, 2.75) is 0 Å². The number of carbonyl (C=O) groups excluding carboxylic acids is 1. The molecule has 1 N–H and O–H groups in total. The van der Waals surface area contributed by atoms with Gasteiger partial charge in [-0.05, 0) is 7.05 Å². The number of nitrogens with zero attached hydrogens (tertiary/aromatic N) is 2. The highest BCUT2D eigenvalue weighted by Crippen LogP contribution is 1.94. The maximum atomic E-state index is 11.9. The maximum Gasteiger partial charge on any atom is 0.237 e. The summed E-state index contributed by atoms with van der Waals surface area (Å²) in [5, 5.41) is 8.55. The summed E-state index contributed by atoms with van der Waals surface area (Å²) in [5.41, 5.74) is 0. The number of hydrogen-bond donors (Lipinski definition) is 1. The fourth-order valence-corrected chi connectivity index (χ4v) is 1.39. The van der Waals surface area contributed by atoms with Crippen LogP contribution in [0.15, 0.2) is 25.3 Å². The minimum Gasteiger partial charge on any atom is -0.394 e. The van der Waals surface area contributed by atoms with E-state index in [9.17, 15) is 4.79 Å². The third kappa shape index (κ3) is 8.00. The Balaban J connectivity index is 3.94. The van der Waals surface area contributed by atoms with Crippen molar-refractivity contribution < 1.29 is 14.6 Å². The van der Waals surface area contributed by atoms with E-state index in [1.165, 1.54) is 0 Å². The number of amides is 1. The third-order valence-electron chi connectivity index (χ3n) is 2.31. The molecule has 0 aromatic carbocycles. The normalized spacial score (nSPS) is 10.4. The molecule has 0 bridgehead atoms. The van der Waals surface area contributed by atoms with E-state index in [2.05, 4.69) is 13.2 Å².